The predicted octanol–water partition coefficient (Wildman–Crippen LogP) is 4.19. The third-order valence-electron chi connectivity index (χ3n) is 4.67. The Morgan fingerprint density at radius 2 is 1.83 bits per heavy atom. The minimum atomic E-state index is 0. The largest absolute Gasteiger partial charge is 0.382 e. The molecule has 0 saturated heterocycles. The maximum absolute atomic E-state index is 5.58. The van der Waals surface area contributed by atoms with Crippen LogP contribution in [0, 0.1) is 10.8 Å². The second kappa shape index (κ2) is 11.5. The van der Waals surface area contributed by atoms with Gasteiger partial charge >= 0.3 is 0 Å². The molecule has 1 aliphatic carbocycles. The molecule has 0 bridgehead atoms. The van der Waals surface area contributed by atoms with E-state index in [1.54, 1.807) is 0 Å². The van der Waals surface area contributed by atoms with Crippen LogP contribution in [0.15, 0.2) is 4.99 Å². The van der Waals surface area contributed by atoms with Crippen molar-refractivity contribution in [1.82, 2.24) is 10.6 Å². The Hall–Kier alpha value is -0.0400. The van der Waals surface area contributed by atoms with E-state index in [9.17, 15) is 0 Å². The minimum absolute atomic E-state index is 0. The van der Waals surface area contributed by atoms with Crippen LogP contribution in [-0.4, -0.2) is 39.3 Å². The molecule has 1 aliphatic rings. The van der Waals surface area contributed by atoms with Crippen LogP contribution in [-0.2, 0) is 4.74 Å². The first-order chi connectivity index (χ1) is 10.4. The van der Waals surface area contributed by atoms with Gasteiger partial charge in [0.15, 0.2) is 5.96 Å². The third-order valence-corrected chi connectivity index (χ3v) is 4.67. The van der Waals surface area contributed by atoms with Crippen molar-refractivity contribution in [3.63, 3.8) is 0 Å². The van der Waals surface area contributed by atoms with Gasteiger partial charge in [0, 0.05) is 33.4 Å². The van der Waals surface area contributed by atoms with E-state index in [0.29, 0.717) is 10.8 Å². The fourth-order valence-electron chi connectivity index (χ4n) is 3.12. The Morgan fingerprint density at radius 1 is 1.17 bits per heavy atom. The van der Waals surface area contributed by atoms with E-state index < -0.39 is 0 Å². The molecule has 5 heteroatoms. The summed E-state index contributed by atoms with van der Waals surface area (Å²) in [5, 5.41) is 6.99. The Bertz CT molecular complexity index is 334. The quantitative estimate of drug-likeness (QED) is 0.258. The van der Waals surface area contributed by atoms with Crippen molar-refractivity contribution in [3.8, 4) is 0 Å². The lowest BCUT2D eigenvalue weighted by molar-refractivity contribution is 0.105. The molecular formula is C18H38IN3O. The Labute approximate surface area is 160 Å². The number of halogens is 1. The van der Waals surface area contributed by atoms with Crippen molar-refractivity contribution >= 4 is 29.9 Å². The van der Waals surface area contributed by atoms with Gasteiger partial charge in [0.1, 0.15) is 0 Å². The van der Waals surface area contributed by atoms with Gasteiger partial charge in [-0.2, -0.15) is 0 Å². The van der Waals surface area contributed by atoms with Gasteiger partial charge in [0.05, 0.1) is 0 Å². The number of rotatable bonds is 8. The number of aliphatic imine (C=N–C) groups is 1. The van der Waals surface area contributed by atoms with Crippen molar-refractivity contribution in [2.75, 3.05) is 33.4 Å². The maximum atomic E-state index is 5.58. The molecule has 138 valence electrons. The number of guanidine groups is 1. The van der Waals surface area contributed by atoms with E-state index in [0.717, 1.165) is 45.1 Å². The van der Waals surface area contributed by atoms with Gasteiger partial charge < -0.3 is 15.4 Å². The summed E-state index contributed by atoms with van der Waals surface area (Å²) in [5.41, 5.74) is 0.757. The Morgan fingerprint density at radius 3 is 2.35 bits per heavy atom. The molecule has 0 aliphatic heterocycles. The van der Waals surface area contributed by atoms with Crippen LogP contribution < -0.4 is 10.6 Å². The van der Waals surface area contributed by atoms with E-state index in [2.05, 4.69) is 43.3 Å². The summed E-state index contributed by atoms with van der Waals surface area (Å²) in [4.78, 5) is 4.36. The smallest absolute Gasteiger partial charge is 0.190 e. The van der Waals surface area contributed by atoms with Gasteiger partial charge in [-0.3, -0.25) is 4.99 Å². The first-order valence-corrected chi connectivity index (χ1v) is 8.93. The van der Waals surface area contributed by atoms with Gasteiger partial charge in [-0.25, -0.2) is 0 Å². The summed E-state index contributed by atoms with van der Waals surface area (Å²) in [6.07, 6.45) is 7.63. The van der Waals surface area contributed by atoms with Gasteiger partial charge in [0.2, 0.25) is 0 Å². The molecule has 0 spiro atoms. The number of hydrogen-bond acceptors (Lipinski definition) is 2. The third kappa shape index (κ3) is 9.75. The average molecular weight is 439 g/mol. The van der Waals surface area contributed by atoms with Crippen LogP contribution in [0.25, 0.3) is 0 Å². The first-order valence-electron chi connectivity index (χ1n) is 8.93. The molecule has 0 radical (unpaired) electrons. The van der Waals surface area contributed by atoms with Crippen LogP contribution in [0.2, 0.25) is 0 Å². The standard InChI is InChI=1S/C18H37N3O.HI/c1-6-22-14-12-18(9-7-8-10-18)15-21-16(19-5)20-13-11-17(2,3)4;/h6-15H2,1-5H3,(H2,19,20,21);1H. The molecule has 23 heavy (non-hydrogen) atoms. The maximum Gasteiger partial charge on any atom is 0.190 e. The lowest BCUT2D eigenvalue weighted by Gasteiger charge is -2.30. The van der Waals surface area contributed by atoms with E-state index in [-0.39, 0.29) is 24.0 Å². The van der Waals surface area contributed by atoms with Crippen molar-refractivity contribution in [3.05, 3.63) is 0 Å². The fraction of sp³-hybridized carbons (Fsp3) is 0.944. The van der Waals surface area contributed by atoms with Crippen molar-refractivity contribution in [2.24, 2.45) is 15.8 Å². The molecule has 0 amide bonds. The van der Waals surface area contributed by atoms with Crippen LogP contribution >= 0.6 is 24.0 Å². The molecule has 0 aromatic rings. The second-order valence-electron chi connectivity index (χ2n) is 7.82. The Balaban J connectivity index is 0.00000484. The molecule has 0 heterocycles. The van der Waals surface area contributed by atoms with Crippen LogP contribution in [0.5, 0.6) is 0 Å². The van der Waals surface area contributed by atoms with E-state index in [1.807, 2.05) is 7.05 Å². The minimum Gasteiger partial charge on any atom is -0.382 e. The van der Waals surface area contributed by atoms with Crippen molar-refractivity contribution in [2.45, 2.75) is 66.2 Å². The molecule has 1 rings (SSSR count). The molecule has 1 fully saturated rings. The Kier molecular flexibility index (Phi) is 11.5. The summed E-state index contributed by atoms with van der Waals surface area (Å²) < 4.78 is 5.58. The zero-order valence-corrected chi connectivity index (χ0v) is 18.2. The summed E-state index contributed by atoms with van der Waals surface area (Å²) >= 11 is 0. The van der Waals surface area contributed by atoms with Crippen LogP contribution in [0.3, 0.4) is 0 Å². The highest BCUT2D eigenvalue weighted by Crippen LogP contribution is 2.40. The van der Waals surface area contributed by atoms with Gasteiger partial charge in [-0.05, 0) is 43.4 Å². The molecule has 4 nitrogen and oxygen atoms in total. The first kappa shape index (κ1) is 23.0. The zero-order valence-electron chi connectivity index (χ0n) is 15.8. The van der Waals surface area contributed by atoms with Crippen LogP contribution in [0.4, 0.5) is 0 Å². The predicted molar refractivity (Wildman–Crippen MR) is 111 cm³/mol. The molecule has 0 unspecified atom stereocenters. The lowest BCUT2D eigenvalue weighted by Crippen LogP contribution is -2.44. The summed E-state index contributed by atoms with van der Waals surface area (Å²) in [5.74, 6) is 0.937. The molecule has 0 aromatic carbocycles. The zero-order chi connectivity index (χ0) is 16.5. The van der Waals surface area contributed by atoms with Crippen molar-refractivity contribution < 1.29 is 4.74 Å². The highest BCUT2D eigenvalue weighted by atomic mass is 127. The van der Waals surface area contributed by atoms with E-state index in [4.69, 9.17) is 4.74 Å². The van der Waals surface area contributed by atoms with E-state index in [1.165, 1.54) is 25.7 Å². The molecular weight excluding hydrogens is 401 g/mol. The van der Waals surface area contributed by atoms with Gasteiger partial charge in [0.25, 0.3) is 0 Å². The average Bonchev–Trinajstić information content (AvgIpc) is 2.91. The number of nitrogens with one attached hydrogen (secondary N) is 2. The molecule has 2 N–H and O–H groups in total. The van der Waals surface area contributed by atoms with Gasteiger partial charge in [-0.1, -0.05) is 33.6 Å². The monoisotopic (exact) mass is 439 g/mol. The highest BCUT2D eigenvalue weighted by Gasteiger charge is 2.33. The lowest BCUT2D eigenvalue weighted by atomic mass is 9.83. The topological polar surface area (TPSA) is 45.6 Å². The normalized spacial score (nSPS) is 17.7. The summed E-state index contributed by atoms with van der Waals surface area (Å²) in [7, 11) is 1.86. The SMILES string of the molecule is CCOCCC1(CNC(=NC)NCCC(C)(C)C)CCCC1.I. The summed E-state index contributed by atoms with van der Waals surface area (Å²) in [6.45, 7) is 12.6. The number of nitrogens with zero attached hydrogens (tertiary/aromatic N) is 1. The fourth-order valence-corrected chi connectivity index (χ4v) is 3.12. The molecule has 1 saturated carbocycles. The number of hydrogen-bond donors (Lipinski definition) is 2. The molecule has 0 aromatic heterocycles. The number of ether oxygens (including phenoxy) is 1. The molecule has 0 atom stereocenters. The van der Waals surface area contributed by atoms with Crippen molar-refractivity contribution in [1.29, 1.82) is 0 Å². The van der Waals surface area contributed by atoms with Gasteiger partial charge in [-0.15, -0.1) is 24.0 Å². The van der Waals surface area contributed by atoms with E-state index >= 15 is 0 Å². The second-order valence-corrected chi connectivity index (χ2v) is 7.82. The highest BCUT2D eigenvalue weighted by molar-refractivity contribution is 14.0. The van der Waals surface area contributed by atoms with Crippen LogP contribution in [0.1, 0.15) is 66.2 Å². The summed E-state index contributed by atoms with van der Waals surface area (Å²) in [6, 6.07) is 0.